The lowest BCUT2D eigenvalue weighted by molar-refractivity contribution is -0.139. The van der Waals surface area contributed by atoms with E-state index in [1.807, 2.05) is 0 Å². The van der Waals surface area contributed by atoms with E-state index in [9.17, 15) is 9.59 Å². The van der Waals surface area contributed by atoms with Gasteiger partial charge in [-0.2, -0.15) is 0 Å². The molecule has 2 amide bonds. The summed E-state index contributed by atoms with van der Waals surface area (Å²) < 4.78 is 5.18. The smallest absolute Gasteiger partial charge is 0.287 e. The summed E-state index contributed by atoms with van der Waals surface area (Å²) in [6.07, 6.45) is 15.7. The molecule has 2 saturated carbocycles. The molecule has 1 saturated heterocycles. The molecule has 2 aliphatic carbocycles. The largest absolute Gasteiger partial charge is 0.459 e. The Morgan fingerprint density at radius 3 is 2.07 bits per heavy atom. The van der Waals surface area contributed by atoms with Gasteiger partial charge in [0.15, 0.2) is 5.76 Å². The Morgan fingerprint density at radius 2 is 1.53 bits per heavy atom. The molecule has 1 N–H and O–H groups in total. The van der Waals surface area contributed by atoms with E-state index >= 15 is 0 Å². The molecule has 2 heterocycles. The molecule has 0 spiro atoms. The Labute approximate surface area is 180 Å². The molecule has 0 bridgehead atoms. The third-order valence-corrected chi connectivity index (χ3v) is 7.25. The highest BCUT2D eigenvalue weighted by Gasteiger charge is 2.33. The first-order valence-corrected chi connectivity index (χ1v) is 12.1. The monoisotopic (exact) mass is 415 g/mol. The van der Waals surface area contributed by atoms with Crippen molar-refractivity contribution in [1.29, 1.82) is 0 Å². The number of piperidine rings is 1. The van der Waals surface area contributed by atoms with Crippen molar-refractivity contribution in [1.82, 2.24) is 15.1 Å². The molecule has 0 atom stereocenters. The van der Waals surface area contributed by atoms with Gasteiger partial charge in [0.2, 0.25) is 5.91 Å². The first-order valence-electron chi connectivity index (χ1n) is 12.1. The van der Waals surface area contributed by atoms with Crippen molar-refractivity contribution in [3.05, 3.63) is 24.2 Å². The first-order chi connectivity index (χ1) is 14.7. The highest BCUT2D eigenvalue weighted by atomic mass is 16.3. The van der Waals surface area contributed by atoms with Crippen molar-refractivity contribution in [2.24, 2.45) is 0 Å². The molecule has 30 heavy (non-hydrogen) atoms. The van der Waals surface area contributed by atoms with Crippen LogP contribution >= 0.6 is 0 Å². The van der Waals surface area contributed by atoms with Gasteiger partial charge in [-0.1, -0.05) is 38.5 Å². The van der Waals surface area contributed by atoms with Gasteiger partial charge in [0.25, 0.3) is 5.91 Å². The quantitative estimate of drug-likeness (QED) is 0.764. The lowest BCUT2D eigenvalue weighted by Crippen LogP contribution is -2.53. The van der Waals surface area contributed by atoms with Gasteiger partial charge < -0.3 is 14.6 Å². The standard InChI is InChI=1S/C24H37N3O3/c28-23(27(20-8-3-1-4-9-20)21-10-5-2-6-11-21)18-26-15-13-19(14-16-26)25-24(29)22-12-7-17-30-22/h7,12,17,19-21H,1-6,8-11,13-16,18H2,(H,25,29). The SMILES string of the molecule is O=C(NC1CCN(CC(=O)N(C2CCCCC2)C2CCCCC2)CC1)c1ccco1. The summed E-state index contributed by atoms with van der Waals surface area (Å²) in [6.45, 7) is 2.25. The molecule has 1 aromatic rings. The summed E-state index contributed by atoms with van der Waals surface area (Å²) in [5.41, 5.74) is 0. The zero-order valence-electron chi connectivity index (χ0n) is 18.2. The molecule has 6 heteroatoms. The van der Waals surface area contributed by atoms with Gasteiger partial charge in [-0.15, -0.1) is 0 Å². The Hall–Kier alpha value is -1.82. The van der Waals surface area contributed by atoms with E-state index in [1.165, 1.54) is 70.5 Å². The summed E-state index contributed by atoms with van der Waals surface area (Å²) in [5, 5.41) is 3.07. The normalized spacial score (nSPS) is 22.7. The lowest BCUT2D eigenvalue weighted by Gasteiger charge is -2.43. The van der Waals surface area contributed by atoms with Crippen molar-refractivity contribution in [2.45, 2.75) is 95.2 Å². The number of rotatable bonds is 6. The summed E-state index contributed by atoms with van der Waals surface area (Å²) in [7, 11) is 0. The Kier molecular flexibility index (Phi) is 7.47. The van der Waals surface area contributed by atoms with Crippen LogP contribution in [0.15, 0.2) is 22.8 Å². The number of hydrogen-bond donors (Lipinski definition) is 1. The van der Waals surface area contributed by atoms with Crippen LogP contribution < -0.4 is 5.32 Å². The maximum Gasteiger partial charge on any atom is 0.287 e. The van der Waals surface area contributed by atoms with E-state index in [0.29, 0.717) is 30.3 Å². The first kappa shape index (κ1) is 21.4. The number of furan rings is 1. The van der Waals surface area contributed by atoms with Crippen LogP contribution in [-0.4, -0.2) is 59.4 Å². The van der Waals surface area contributed by atoms with Gasteiger partial charge in [-0.05, 0) is 50.7 Å². The van der Waals surface area contributed by atoms with Crippen molar-refractivity contribution < 1.29 is 14.0 Å². The van der Waals surface area contributed by atoms with Crippen LogP contribution in [0, 0.1) is 0 Å². The fraction of sp³-hybridized carbons (Fsp3) is 0.750. The molecule has 0 unspecified atom stereocenters. The topological polar surface area (TPSA) is 65.8 Å². The molecule has 166 valence electrons. The minimum atomic E-state index is -0.143. The van der Waals surface area contributed by atoms with Crippen molar-refractivity contribution in [3.8, 4) is 0 Å². The van der Waals surface area contributed by atoms with Gasteiger partial charge in [0.05, 0.1) is 12.8 Å². The number of amides is 2. The van der Waals surface area contributed by atoms with E-state index in [2.05, 4.69) is 15.1 Å². The van der Waals surface area contributed by atoms with Crippen LogP contribution in [0.2, 0.25) is 0 Å². The molecule has 1 aliphatic heterocycles. The van der Waals surface area contributed by atoms with E-state index in [4.69, 9.17) is 4.42 Å². The van der Waals surface area contributed by atoms with Crippen molar-refractivity contribution in [3.63, 3.8) is 0 Å². The third kappa shape index (κ3) is 5.45. The van der Waals surface area contributed by atoms with Gasteiger partial charge in [0.1, 0.15) is 0 Å². The Balaban J connectivity index is 1.29. The van der Waals surface area contributed by atoms with Crippen LogP contribution in [0.3, 0.4) is 0 Å². The molecule has 6 nitrogen and oxygen atoms in total. The minimum absolute atomic E-state index is 0.143. The van der Waals surface area contributed by atoms with E-state index in [0.717, 1.165) is 25.9 Å². The van der Waals surface area contributed by atoms with Crippen LogP contribution in [0.25, 0.3) is 0 Å². The maximum absolute atomic E-state index is 13.4. The van der Waals surface area contributed by atoms with Crippen LogP contribution in [0.4, 0.5) is 0 Å². The highest BCUT2D eigenvalue weighted by Crippen LogP contribution is 2.30. The van der Waals surface area contributed by atoms with Crippen LogP contribution in [0.5, 0.6) is 0 Å². The van der Waals surface area contributed by atoms with Crippen molar-refractivity contribution >= 4 is 11.8 Å². The zero-order valence-corrected chi connectivity index (χ0v) is 18.2. The second-order valence-corrected chi connectivity index (χ2v) is 9.39. The Morgan fingerprint density at radius 1 is 0.933 bits per heavy atom. The number of carbonyl (C=O) groups is 2. The maximum atomic E-state index is 13.4. The number of nitrogens with one attached hydrogen (secondary N) is 1. The second-order valence-electron chi connectivity index (χ2n) is 9.39. The summed E-state index contributed by atoms with van der Waals surface area (Å²) >= 11 is 0. The molecule has 0 radical (unpaired) electrons. The lowest BCUT2D eigenvalue weighted by atomic mass is 9.88. The molecule has 3 fully saturated rings. The van der Waals surface area contributed by atoms with E-state index in [-0.39, 0.29) is 11.9 Å². The summed E-state index contributed by atoms with van der Waals surface area (Å²) in [6, 6.07) is 4.49. The average Bonchev–Trinajstić information content (AvgIpc) is 3.32. The second kappa shape index (κ2) is 10.5. The summed E-state index contributed by atoms with van der Waals surface area (Å²) in [4.78, 5) is 30.2. The van der Waals surface area contributed by atoms with Gasteiger partial charge in [-0.25, -0.2) is 0 Å². The number of likely N-dealkylation sites (tertiary alicyclic amines) is 1. The summed E-state index contributed by atoms with van der Waals surface area (Å²) in [5.74, 6) is 0.561. The van der Waals surface area contributed by atoms with Gasteiger partial charge >= 0.3 is 0 Å². The van der Waals surface area contributed by atoms with Crippen LogP contribution in [0.1, 0.15) is 87.6 Å². The van der Waals surface area contributed by atoms with Gasteiger partial charge in [0, 0.05) is 31.2 Å². The fourth-order valence-corrected chi connectivity index (χ4v) is 5.60. The molecule has 0 aromatic carbocycles. The van der Waals surface area contributed by atoms with E-state index < -0.39 is 0 Å². The number of nitrogens with zero attached hydrogens (tertiary/aromatic N) is 2. The Bertz CT molecular complexity index is 652. The molecule has 4 rings (SSSR count). The predicted molar refractivity (Wildman–Crippen MR) is 116 cm³/mol. The molecular formula is C24H37N3O3. The highest BCUT2D eigenvalue weighted by molar-refractivity contribution is 5.91. The zero-order chi connectivity index (χ0) is 20.8. The number of hydrogen-bond acceptors (Lipinski definition) is 4. The number of carbonyl (C=O) groups excluding carboxylic acids is 2. The molecule has 3 aliphatic rings. The fourth-order valence-electron chi connectivity index (χ4n) is 5.60. The average molecular weight is 416 g/mol. The van der Waals surface area contributed by atoms with E-state index in [1.54, 1.807) is 12.1 Å². The predicted octanol–water partition coefficient (Wildman–Crippen LogP) is 3.97. The van der Waals surface area contributed by atoms with Gasteiger partial charge in [-0.3, -0.25) is 14.5 Å². The van der Waals surface area contributed by atoms with Crippen LogP contribution in [-0.2, 0) is 4.79 Å². The molecular weight excluding hydrogens is 378 g/mol. The molecule has 1 aromatic heterocycles. The van der Waals surface area contributed by atoms with Crippen molar-refractivity contribution in [2.75, 3.05) is 19.6 Å². The minimum Gasteiger partial charge on any atom is -0.459 e. The third-order valence-electron chi connectivity index (χ3n) is 7.25.